The van der Waals surface area contributed by atoms with E-state index in [0.29, 0.717) is 17.2 Å². The summed E-state index contributed by atoms with van der Waals surface area (Å²) in [6.45, 7) is 7.15. The lowest BCUT2D eigenvalue weighted by Gasteiger charge is -2.14. The number of anilines is 1. The summed E-state index contributed by atoms with van der Waals surface area (Å²) in [6, 6.07) is 13.7. The van der Waals surface area contributed by atoms with Gasteiger partial charge in [0.2, 0.25) is 0 Å². The molecule has 1 atom stereocenters. The number of amides is 2. The summed E-state index contributed by atoms with van der Waals surface area (Å²) in [4.78, 5) is 36.2. The number of rotatable bonds is 7. The molecule has 0 aliphatic carbocycles. The number of aryl methyl sites for hydroxylation is 1. The molecule has 0 saturated carbocycles. The highest BCUT2D eigenvalue weighted by Crippen LogP contribution is 2.17. The predicted molar refractivity (Wildman–Crippen MR) is 108 cm³/mol. The average molecular weight is 382 g/mol. The van der Waals surface area contributed by atoms with Crippen LogP contribution in [0, 0.1) is 6.92 Å². The molecule has 2 aromatic rings. The molecule has 0 fully saturated rings. The van der Waals surface area contributed by atoms with Crippen LogP contribution in [-0.4, -0.2) is 30.4 Å². The molecule has 0 aliphatic heterocycles. The van der Waals surface area contributed by atoms with Gasteiger partial charge in [0.1, 0.15) is 6.04 Å². The van der Waals surface area contributed by atoms with Crippen molar-refractivity contribution in [2.75, 3.05) is 11.9 Å². The molecule has 0 bridgehead atoms. The van der Waals surface area contributed by atoms with Crippen LogP contribution < -0.4 is 10.6 Å². The van der Waals surface area contributed by atoms with E-state index in [1.54, 1.807) is 30.3 Å². The molecule has 2 amide bonds. The predicted octanol–water partition coefficient (Wildman–Crippen LogP) is 3.42. The second-order valence-electron chi connectivity index (χ2n) is 7.00. The van der Waals surface area contributed by atoms with Gasteiger partial charge in [-0.15, -0.1) is 0 Å². The van der Waals surface area contributed by atoms with Crippen LogP contribution in [0.3, 0.4) is 0 Å². The highest BCUT2D eigenvalue weighted by atomic mass is 16.5. The van der Waals surface area contributed by atoms with Crippen molar-refractivity contribution in [1.82, 2.24) is 5.32 Å². The van der Waals surface area contributed by atoms with E-state index in [1.165, 1.54) is 12.5 Å². The molecule has 28 heavy (non-hydrogen) atoms. The smallest absolute Gasteiger partial charge is 0.328 e. The van der Waals surface area contributed by atoms with E-state index in [2.05, 4.69) is 24.5 Å². The van der Waals surface area contributed by atoms with Gasteiger partial charge in [-0.25, -0.2) is 4.79 Å². The van der Waals surface area contributed by atoms with Gasteiger partial charge in [-0.2, -0.15) is 0 Å². The van der Waals surface area contributed by atoms with Crippen LogP contribution >= 0.6 is 0 Å². The maximum Gasteiger partial charge on any atom is 0.328 e. The van der Waals surface area contributed by atoms with Crippen LogP contribution in [-0.2, 0) is 14.3 Å². The van der Waals surface area contributed by atoms with E-state index < -0.39 is 24.5 Å². The lowest BCUT2D eigenvalue weighted by Crippen LogP contribution is -2.40. The first-order valence-corrected chi connectivity index (χ1v) is 9.20. The van der Waals surface area contributed by atoms with Crippen molar-refractivity contribution in [2.45, 2.75) is 39.7 Å². The summed E-state index contributed by atoms with van der Waals surface area (Å²) in [5.74, 6) is -1.08. The van der Waals surface area contributed by atoms with Crippen LogP contribution in [0.5, 0.6) is 0 Å². The molecule has 6 nitrogen and oxygen atoms in total. The Morgan fingerprint density at radius 2 is 1.68 bits per heavy atom. The van der Waals surface area contributed by atoms with Crippen LogP contribution in [0.4, 0.5) is 5.69 Å². The van der Waals surface area contributed by atoms with Crippen LogP contribution in [0.1, 0.15) is 48.2 Å². The summed E-state index contributed by atoms with van der Waals surface area (Å²) in [5.41, 5.74) is 3.21. The number of ether oxygens (including phenoxy) is 1. The molecule has 0 heterocycles. The van der Waals surface area contributed by atoms with E-state index in [1.807, 2.05) is 25.1 Å². The first-order valence-electron chi connectivity index (χ1n) is 9.20. The minimum atomic E-state index is -0.869. The zero-order valence-corrected chi connectivity index (χ0v) is 16.6. The molecule has 2 aromatic carbocycles. The third-order valence-corrected chi connectivity index (χ3v) is 4.19. The minimum Gasteiger partial charge on any atom is -0.454 e. The zero-order valence-electron chi connectivity index (χ0n) is 16.6. The van der Waals surface area contributed by atoms with Gasteiger partial charge < -0.3 is 15.4 Å². The van der Waals surface area contributed by atoms with Gasteiger partial charge in [0.15, 0.2) is 6.61 Å². The van der Waals surface area contributed by atoms with Crippen molar-refractivity contribution >= 4 is 23.5 Å². The van der Waals surface area contributed by atoms with Crippen LogP contribution in [0.2, 0.25) is 0 Å². The SMILES string of the molecule is Cc1cccc(C(=O)N[C@@H](C)C(=O)OCC(=O)Nc2ccc(C(C)C)cc2)c1. The molecular weight excluding hydrogens is 356 g/mol. The Morgan fingerprint density at radius 3 is 2.29 bits per heavy atom. The minimum absolute atomic E-state index is 0.372. The summed E-state index contributed by atoms with van der Waals surface area (Å²) >= 11 is 0. The van der Waals surface area contributed by atoms with E-state index in [-0.39, 0.29) is 5.91 Å². The van der Waals surface area contributed by atoms with Crippen molar-refractivity contribution in [3.8, 4) is 0 Å². The van der Waals surface area contributed by atoms with Crippen LogP contribution in [0.15, 0.2) is 48.5 Å². The van der Waals surface area contributed by atoms with Gasteiger partial charge in [-0.1, -0.05) is 43.7 Å². The second kappa shape index (κ2) is 9.69. The standard InChI is InChI=1S/C22H26N2O4/c1-14(2)17-8-10-19(11-9-17)24-20(25)13-28-22(27)16(4)23-21(26)18-7-5-6-15(3)12-18/h5-12,14,16H,13H2,1-4H3,(H,23,26)(H,24,25)/t16-/m0/s1. The first-order chi connectivity index (χ1) is 13.3. The van der Waals surface area contributed by atoms with Crippen molar-refractivity contribution in [3.05, 3.63) is 65.2 Å². The Bertz CT molecular complexity index is 844. The third kappa shape index (κ3) is 6.23. The molecule has 0 aliphatic rings. The second-order valence-corrected chi connectivity index (χ2v) is 7.00. The summed E-state index contributed by atoms with van der Waals surface area (Å²) < 4.78 is 4.99. The van der Waals surface area contributed by atoms with Crippen LogP contribution in [0.25, 0.3) is 0 Å². The van der Waals surface area contributed by atoms with Gasteiger partial charge in [0.25, 0.3) is 11.8 Å². The summed E-state index contributed by atoms with van der Waals surface area (Å²) in [7, 11) is 0. The van der Waals surface area contributed by atoms with Crippen molar-refractivity contribution in [2.24, 2.45) is 0 Å². The Morgan fingerprint density at radius 1 is 1.00 bits per heavy atom. The number of esters is 1. The monoisotopic (exact) mass is 382 g/mol. The number of hydrogen-bond acceptors (Lipinski definition) is 4. The Kier molecular flexibility index (Phi) is 7.32. The van der Waals surface area contributed by atoms with Crippen molar-refractivity contribution < 1.29 is 19.1 Å². The molecule has 0 aromatic heterocycles. The fraction of sp³-hybridized carbons (Fsp3) is 0.318. The topological polar surface area (TPSA) is 84.5 Å². The molecule has 0 radical (unpaired) electrons. The zero-order chi connectivity index (χ0) is 20.7. The normalized spacial score (nSPS) is 11.6. The molecule has 0 saturated heterocycles. The maximum absolute atomic E-state index is 12.2. The van der Waals surface area contributed by atoms with Gasteiger partial charge in [0, 0.05) is 11.3 Å². The Labute approximate surface area is 165 Å². The Balaban J connectivity index is 1.80. The highest BCUT2D eigenvalue weighted by molar-refractivity contribution is 5.97. The fourth-order valence-electron chi connectivity index (χ4n) is 2.54. The van der Waals surface area contributed by atoms with Crippen molar-refractivity contribution in [1.29, 1.82) is 0 Å². The van der Waals surface area contributed by atoms with E-state index >= 15 is 0 Å². The lowest BCUT2D eigenvalue weighted by atomic mass is 10.0. The number of carbonyl (C=O) groups is 3. The van der Waals surface area contributed by atoms with E-state index in [0.717, 1.165) is 5.56 Å². The van der Waals surface area contributed by atoms with Gasteiger partial charge >= 0.3 is 5.97 Å². The lowest BCUT2D eigenvalue weighted by molar-refractivity contribution is -0.148. The number of hydrogen-bond donors (Lipinski definition) is 2. The average Bonchev–Trinajstić information content (AvgIpc) is 2.66. The molecular formula is C22H26N2O4. The molecule has 0 spiro atoms. The molecule has 6 heteroatoms. The summed E-state index contributed by atoms with van der Waals surface area (Å²) in [6.07, 6.45) is 0. The van der Waals surface area contributed by atoms with E-state index in [4.69, 9.17) is 4.74 Å². The maximum atomic E-state index is 12.2. The largest absolute Gasteiger partial charge is 0.454 e. The molecule has 148 valence electrons. The number of carbonyl (C=O) groups excluding carboxylic acids is 3. The molecule has 2 rings (SSSR count). The van der Waals surface area contributed by atoms with Gasteiger partial charge in [-0.3, -0.25) is 9.59 Å². The molecule has 2 N–H and O–H groups in total. The quantitative estimate of drug-likeness (QED) is 0.719. The first kappa shape index (κ1) is 21.2. The van der Waals surface area contributed by atoms with E-state index in [9.17, 15) is 14.4 Å². The highest BCUT2D eigenvalue weighted by Gasteiger charge is 2.19. The third-order valence-electron chi connectivity index (χ3n) is 4.19. The fourth-order valence-corrected chi connectivity index (χ4v) is 2.54. The number of benzene rings is 2. The van der Waals surface area contributed by atoms with Crippen molar-refractivity contribution in [3.63, 3.8) is 0 Å². The van der Waals surface area contributed by atoms with Gasteiger partial charge in [0.05, 0.1) is 0 Å². The summed E-state index contributed by atoms with van der Waals surface area (Å²) in [5, 5.41) is 5.24. The Hall–Kier alpha value is -3.15. The van der Waals surface area contributed by atoms with Gasteiger partial charge in [-0.05, 0) is 49.6 Å². The molecule has 0 unspecified atom stereocenters. The number of nitrogens with one attached hydrogen (secondary N) is 2.